The van der Waals surface area contributed by atoms with E-state index in [-0.39, 0.29) is 41.0 Å². The average molecular weight is 1530 g/mol. The molecular formula is C46H17F42N7O4. The molecule has 3 aromatic heterocycles. The molecule has 0 radical (unpaired) electrons. The maximum absolute atomic E-state index is 14.6. The van der Waals surface area contributed by atoms with Crippen molar-refractivity contribution in [3.63, 3.8) is 0 Å². The van der Waals surface area contributed by atoms with Crippen LogP contribution in [0.1, 0.15) is 11.1 Å². The topological polar surface area (TPSA) is 119 Å². The van der Waals surface area contributed by atoms with Crippen LogP contribution in [-0.2, 0) is 12.4 Å². The maximum Gasteiger partial charge on any atom is 0.460 e. The standard InChI is InChI=1S/C46H17F42N7O4/c47-29(48,35(61,62)39(69,70)43(77,78)79)10-96-25-89-23(90-26(93-25)97-11-30(49,50)36(63,64)40(71,72)44(80,81)82)14-1-3-21-19(5-14)20-6-15(2-4-22(20)95(21)18-8-16(33(55,56)57)7-17(9-18)34(58,59)60)24-91-27(98-12-31(51,52)37(65,66)41(73,74)45(83,84)85)94-28(92-24)99-13-32(53,54)38(67,68)42(75,76)46(86,87)88/h1-9H,10-13H2. The summed E-state index contributed by atoms with van der Waals surface area (Å²) in [5.74, 6) is -93.1. The molecule has 0 aliphatic carbocycles. The van der Waals surface area contributed by atoms with Gasteiger partial charge in [0.1, 0.15) is 0 Å². The van der Waals surface area contributed by atoms with E-state index in [4.69, 9.17) is 0 Å². The minimum absolute atomic E-state index is 0.157. The van der Waals surface area contributed by atoms with Gasteiger partial charge in [0.25, 0.3) is 0 Å². The molecule has 0 fully saturated rings. The molecule has 0 spiro atoms. The first-order valence-corrected chi connectivity index (χ1v) is 24.1. The van der Waals surface area contributed by atoms with E-state index in [1.165, 1.54) is 0 Å². The van der Waals surface area contributed by atoms with Crippen molar-refractivity contribution >= 4 is 21.8 Å². The Morgan fingerprint density at radius 1 is 0.263 bits per heavy atom. The number of hydrogen-bond donors (Lipinski definition) is 0. The number of halogens is 42. The van der Waals surface area contributed by atoms with Gasteiger partial charge in [-0.3, -0.25) is 0 Å². The van der Waals surface area contributed by atoms with Crippen LogP contribution in [0.3, 0.4) is 0 Å². The first-order valence-electron chi connectivity index (χ1n) is 24.1. The summed E-state index contributed by atoms with van der Waals surface area (Å²) in [4.78, 5) is 17.1. The van der Waals surface area contributed by atoms with Gasteiger partial charge in [-0.05, 0) is 54.6 Å². The lowest BCUT2D eigenvalue weighted by molar-refractivity contribution is -0.398. The summed E-state index contributed by atoms with van der Waals surface area (Å²) in [7, 11) is 0. The quantitative estimate of drug-likeness (QED) is 0.0574. The van der Waals surface area contributed by atoms with Gasteiger partial charge in [-0.25, -0.2) is 0 Å². The summed E-state index contributed by atoms with van der Waals surface area (Å²) in [5, 5.41) is -2.16. The van der Waals surface area contributed by atoms with Crippen LogP contribution >= 0.6 is 0 Å². The Morgan fingerprint density at radius 3 is 0.687 bits per heavy atom. The molecular weight excluding hydrogens is 1510 g/mol. The molecule has 554 valence electrons. The van der Waals surface area contributed by atoms with Crippen LogP contribution < -0.4 is 18.9 Å². The molecule has 53 heteroatoms. The molecule has 99 heavy (non-hydrogen) atoms. The lowest BCUT2D eigenvalue weighted by Gasteiger charge is -2.33. The van der Waals surface area contributed by atoms with Gasteiger partial charge in [0.05, 0.1) is 22.2 Å². The molecule has 0 saturated carbocycles. The van der Waals surface area contributed by atoms with Crippen LogP contribution in [0.15, 0.2) is 54.6 Å². The van der Waals surface area contributed by atoms with Gasteiger partial charge in [-0.1, -0.05) is 0 Å². The highest BCUT2D eigenvalue weighted by Crippen LogP contribution is 2.58. The Labute approximate surface area is 512 Å². The second kappa shape index (κ2) is 24.2. The van der Waals surface area contributed by atoms with E-state index in [9.17, 15) is 184 Å². The van der Waals surface area contributed by atoms with Gasteiger partial charge in [0, 0.05) is 27.6 Å². The maximum atomic E-state index is 14.6. The first-order chi connectivity index (χ1) is 43.9. The lowest BCUT2D eigenvalue weighted by Crippen LogP contribution is -2.62. The number of ether oxygens (including phenoxy) is 4. The molecule has 0 N–H and O–H groups in total. The van der Waals surface area contributed by atoms with E-state index in [2.05, 4.69) is 48.9 Å². The Morgan fingerprint density at radius 2 is 0.485 bits per heavy atom. The zero-order valence-corrected chi connectivity index (χ0v) is 45.2. The largest absolute Gasteiger partial charge is 0.460 e. The van der Waals surface area contributed by atoms with E-state index >= 15 is 0 Å². The van der Waals surface area contributed by atoms with Crippen molar-refractivity contribution in [2.24, 2.45) is 0 Å². The van der Waals surface area contributed by atoms with E-state index in [1.807, 2.05) is 0 Å². The molecule has 3 heterocycles. The minimum Gasteiger partial charge on any atom is -0.457 e. The normalized spacial score (nSPS) is 14.9. The van der Waals surface area contributed by atoms with Crippen LogP contribution in [-0.4, -0.2) is 157 Å². The van der Waals surface area contributed by atoms with Gasteiger partial charge in [0.2, 0.25) is 0 Å². The van der Waals surface area contributed by atoms with Crippen molar-refractivity contribution in [3.8, 4) is 52.5 Å². The molecule has 0 aliphatic heterocycles. The predicted octanol–water partition coefficient (Wildman–Crippen LogP) is 17.9. The van der Waals surface area contributed by atoms with E-state index in [0.717, 1.165) is 0 Å². The molecule has 0 unspecified atom stereocenters. The molecule has 11 nitrogen and oxygen atoms in total. The Bertz CT molecular complexity index is 3570. The summed E-state index contributed by atoms with van der Waals surface area (Å²) in [6.07, 6.45) is -42.1. The highest BCUT2D eigenvalue weighted by Gasteiger charge is 2.85. The second-order valence-corrected chi connectivity index (χ2v) is 19.6. The third-order valence-electron chi connectivity index (χ3n) is 12.7. The third kappa shape index (κ3) is 14.1. The number of rotatable bonds is 23. The monoisotopic (exact) mass is 1530 g/mol. The van der Waals surface area contributed by atoms with Crippen molar-refractivity contribution in [1.82, 2.24) is 34.5 Å². The Hall–Kier alpha value is -8.26. The summed E-state index contributed by atoms with van der Waals surface area (Å²) < 4.78 is 596. The zero-order valence-electron chi connectivity index (χ0n) is 45.2. The molecule has 0 amide bonds. The van der Waals surface area contributed by atoms with E-state index < -0.39 is 226 Å². The summed E-state index contributed by atoms with van der Waals surface area (Å²) in [6, 6.07) is -9.09. The first kappa shape index (κ1) is 79.7. The number of benzene rings is 3. The summed E-state index contributed by atoms with van der Waals surface area (Å²) >= 11 is 0. The van der Waals surface area contributed by atoms with Gasteiger partial charge in [-0.2, -0.15) is 204 Å². The predicted molar refractivity (Wildman–Crippen MR) is 234 cm³/mol. The highest BCUT2D eigenvalue weighted by atomic mass is 19.5. The van der Waals surface area contributed by atoms with Crippen molar-refractivity contribution in [3.05, 3.63) is 65.7 Å². The van der Waals surface area contributed by atoms with Gasteiger partial charge < -0.3 is 23.5 Å². The van der Waals surface area contributed by atoms with Crippen LogP contribution in [0.25, 0.3) is 50.3 Å². The molecule has 0 bridgehead atoms. The van der Waals surface area contributed by atoms with Crippen molar-refractivity contribution in [2.45, 2.75) is 108 Å². The fraction of sp³-hybridized carbons (Fsp3) is 0.478. The number of nitrogens with zero attached hydrogens (tertiary/aromatic N) is 7. The third-order valence-corrected chi connectivity index (χ3v) is 12.7. The Balaban J connectivity index is 1.67. The van der Waals surface area contributed by atoms with Crippen LogP contribution in [0.2, 0.25) is 0 Å². The molecule has 6 aromatic rings. The highest BCUT2D eigenvalue weighted by molar-refractivity contribution is 6.11. The molecule has 0 saturated heterocycles. The Kier molecular flexibility index (Phi) is 19.5. The number of alkyl halides is 42. The molecule has 0 atom stereocenters. The van der Waals surface area contributed by atoms with Gasteiger partial charge >= 0.3 is 132 Å². The summed E-state index contributed by atoms with van der Waals surface area (Å²) in [5.41, 5.74) is -10.5. The summed E-state index contributed by atoms with van der Waals surface area (Å²) in [6.45, 7) is -14.5. The molecule has 6 rings (SSSR count). The van der Waals surface area contributed by atoms with Gasteiger partial charge in [-0.15, -0.1) is 9.97 Å². The number of hydrogen-bond acceptors (Lipinski definition) is 10. The number of fused-ring (bicyclic) bond motifs is 3. The van der Waals surface area contributed by atoms with Crippen LogP contribution in [0.5, 0.6) is 24.0 Å². The second-order valence-electron chi connectivity index (χ2n) is 19.6. The number of aromatic nitrogens is 7. The van der Waals surface area contributed by atoms with Crippen molar-refractivity contribution < 1.29 is 203 Å². The van der Waals surface area contributed by atoms with Crippen molar-refractivity contribution in [1.29, 1.82) is 0 Å². The minimum atomic E-state index is -7.78. The fourth-order valence-electron chi connectivity index (χ4n) is 7.45. The van der Waals surface area contributed by atoms with Crippen molar-refractivity contribution in [2.75, 3.05) is 26.4 Å². The molecule has 3 aromatic carbocycles. The average Bonchev–Trinajstić information content (AvgIpc) is 1.73. The van der Waals surface area contributed by atoms with E-state index in [0.29, 0.717) is 12.1 Å². The van der Waals surface area contributed by atoms with Gasteiger partial charge in [0.15, 0.2) is 38.1 Å². The smallest absolute Gasteiger partial charge is 0.457 e. The lowest BCUT2D eigenvalue weighted by atomic mass is 10.0. The fourth-order valence-corrected chi connectivity index (χ4v) is 7.45. The SMILES string of the molecule is FC(F)(F)c1cc(-n2c3ccc(-c4nc(OCC(F)(F)C(F)(F)C(F)(F)C(F)(F)F)nc(OCC(F)(F)C(F)(F)C(F)(F)C(F)(F)F)n4)cc3c3cc(-c4nc(OCC(F)(F)C(F)(F)C(F)(F)C(F)(F)F)nc(OCC(F)(F)C(F)(F)C(F)(F)C(F)(F)F)n4)ccc32)cc(C(F)(F)F)c1. The van der Waals surface area contributed by atoms with E-state index in [1.54, 1.807) is 0 Å². The molecule has 0 aliphatic rings. The van der Waals surface area contributed by atoms with Crippen LogP contribution in [0.4, 0.5) is 184 Å². The zero-order chi connectivity index (χ0) is 76.5. The van der Waals surface area contributed by atoms with Crippen LogP contribution in [0, 0.1) is 0 Å².